The number of aryl methyl sites for hydroxylation is 1. The van der Waals surface area contributed by atoms with Crippen molar-refractivity contribution in [2.45, 2.75) is 33.8 Å². The fourth-order valence-electron chi connectivity index (χ4n) is 1.25. The van der Waals surface area contributed by atoms with E-state index < -0.39 is 0 Å². The van der Waals surface area contributed by atoms with Gasteiger partial charge in [-0.15, -0.1) is 0 Å². The van der Waals surface area contributed by atoms with Gasteiger partial charge >= 0.3 is 0 Å². The maximum absolute atomic E-state index is 8.88. The molecule has 0 saturated heterocycles. The van der Waals surface area contributed by atoms with Crippen molar-refractivity contribution >= 4 is 5.69 Å². The fraction of sp³-hybridized carbons (Fsp3) is 0.500. The van der Waals surface area contributed by atoms with Crippen molar-refractivity contribution < 1.29 is 9.94 Å². The molecule has 1 unspecified atom stereocenters. The smallest absolute Gasteiger partial charge is 0.0813 e. The molecule has 2 N–H and O–H groups in total. The Hall–Kier alpha value is -1.06. The molecule has 1 aromatic carbocycles. The van der Waals surface area contributed by atoms with Crippen LogP contribution in [0.25, 0.3) is 0 Å². The number of rotatable bonds is 3. The highest BCUT2D eigenvalue weighted by Crippen LogP contribution is 2.25. The molecule has 3 heteroatoms. The molecular formula is C12H21NO2. The molecule has 0 aliphatic rings. The number of benzene rings is 1. The van der Waals surface area contributed by atoms with Crippen LogP contribution in [0.3, 0.4) is 0 Å². The minimum Gasteiger partial charge on any atom is -0.377 e. The largest absolute Gasteiger partial charge is 0.377 e. The van der Waals surface area contributed by atoms with Gasteiger partial charge in [-0.25, -0.2) is 0 Å². The average molecular weight is 211 g/mol. The molecule has 0 aromatic heterocycles. The van der Waals surface area contributed by atoms with E-state index in [4.69, 9.17) is 9.94 Å². The van der Waals surface area contributed by atoms with Gasteiger partial charge in [-0.3, -0.25) is 10.7 Å². The minimum atomic E-state index is -0.0183. The SMILES string of the molecule is CC.COC(C)c1ccc(C)cc1NO. The van der Waals surface area contributed by atoms with E-state index in [-0.39, 0.29) is 6.10 Å². The van der Waals surface area contributed by atoms with E-state index in [1.165, 1.54) is 0 Å². The molecular weight excluding hydrogens is 190 g/mol. The highest BCUT2D eigenvalue weighted by molar-refractivity contribution is 5.52. The zero-order valence-corrected chi connectivity index (χ0v) is 10.2. The fourth-order valence-corrected chi connectivity index (χ4v) is 1.25. The van der Waals surface area contributed by atoms with Crippen LogP contribution in [0, 0.1) is 6.92 Å². The van der Waals surface area contributed by atoms with E-state index >= 15 is 0 Å². The van der Waals surface area contributed by atoms with Gasteiger partial charge < -0.3 is 4.74 Å². The van der Waals surface area contributed by atoms with Crippen molar-refractivity contribution in [1.29, 1.82) is 0 Å². The lowest BCUT2D eigenvalue weighted by molar-refractivity contribution is 0.119. The first kappa shape index (κ1) is 13.9. The quantitative estimate of drug-likeness (QED) is 0.751. The summed E-state index contributed by atoms with van der Waals surface area (Å²) in [5.74, 6) is 0. The molecule has 0 spiro atoms. The molecule has 0 saturated carbocycles. The lowest BCUT2D eigenvalue weighted by Crippen LogP contribution is -2.02. The summed E-state index contributed by atoms with van der Waals surface area (Å²) >= 11 is 0. The summed E-state index contributed by atoms with van der Waals surface area (Å²) in [6.07, 6.45) is -0.0183. The maximum Gasteiger partial charge on any atom is 0.0813 e. The van der Waals surface area contributed by atoms with Gasteiger partial charge in [0.15, 0.2) is 0 Å². The number of anilines is 1. The molecule has 1 atom stereocenters. The summed E-state index contributed by atoms with van der Waals surface area (Å²) in [5.41, 5.74) is 4.93. The third-order valence-corrected chi connectivity index (χ3v) is 2.12. The molecule has 0 heterocycles. The first-order chi connectivity index (χ1) is 7.19. The van der Waals surface area contributed by atoms with Gasteiger partial charge in [-0.1, -0.05) is 26.0 Å². The van der Waals surface area contributed by atoms with E-state index in [0.29, 0.717) is 5.69 Å². The second kappa shape index (κ2) is 7.26. The van der Waals surface area contributed by atoms with Crippen LogP contribution in [0.1, 0.15) is 38.0 Å². The van der Waals surface area contributed by atoms with Gasteiger partial charge in [-0.2, -0.15) is 0 Å². The van der Waals surface area contributed by atoms with E-state index in [1.807, 2.05) is 45.9 Å². The standard InChI is InChI=1S/C10H15NO2.C2H6/c1-7-4-5-9(8(2)13-3)10(6-7)11-12;1-2/h4-6,8,11-12H,1-3H3;1-2H3. The van der Waals surface area contributed by atoms with E-state index in [2.05, 4.69) is 5.48 Å². The number of methoxy groups -OCH3 is 1. The lowest BCUT2D eigenvalue weighted by Gasteiger charge is -2.14. The normalized spacial score (nSPS) is 11.3. The summed E-state index contributed by atoms with van der Waals surface area (Å²) in [4.78, 5) is 0. The summed E-state index contributed by atoms with van der Waals surface area (Å²) in [7, 11) is 1.64. The molecule has 0 aliphatic carbocycles. The predicted molar refractivity (Wildman–Crippen MR) is 63.4 cm³/mol. The second-order valence-electron chi connectivity index (χ2n) is 3.08. The van der Waals surface area contributed by atoms with Crippen molar-refractivity contribution in [3.63, 3.8) is 0 Å². The van der Waals surface area contributed by atoms with Crippen molar-refractivity contribution in [2.24, 2.45) is 0 Å². The topological polar surface area (TPSA) is 41.5 Å². The van der Waals surface area contributed by atoms with E-state index in [0.717, 1.165) is 11.1 Å². The van der Waals surface area contributed by atoms with E-state index in [1.54, 1.807) is 7.11 Å². The molecule has 1 rings (SSSR count). The van der Waals surface area contributed by atoms with Gasteiger partial charge in [0.05, 0.1) is 11.8 Å². The van der Waals surface area contributed by atoms with Crippen LogP contribution in [0.5, 0.6) is 0 Å². The van der Waals surface area contributed by atoms with Gasteiger partial charge in [0.1, 0.15) is 0 Å². The van der Waals surface area contributed by atoms with Crippen LogP contribution >= 0.6 is 0 Å². The van der Waals surface area contributed by atoms with Crippen LogP contribution in [0.15, 0.2) is 18.2 Å². The zero-order valence-electron chi connectivity index (χ0n) is 10.2. The maximum atomic E-state index is 8.88. The highest BCUT2D eigenvalue weighted by atomic mass is 16.5. The average Bonchev–Trinajstić information content (AvgIpc) is 2.30. The molecule has 1 aromatic rings. The Bertz CT molecular complexity index is 287. The zero-order chi connectivity index (χ0) is 11.8. The number of hydrogen-bond donors (Lipinski definition) is 2. The van der Waals surface area contributed by atoms with Crippen molar-refractivity contribution in [3.05, 3.63) is 29.3 Å². The van der Waals surface area contributed by atoms with Crippen molar-refractivity contribution in [1.82, 2.24) is 0 Å². The minimum absolute atomic E-state index is 0.0183. The van der Waals surface area contributed by atoms with Gasteiger partial charge in [0, 0.05) is 12.7 Å². The van der Waals surface area contributed by atoms with Crippen LogP contribution in [0.2, 0.25) is 0 Å². The van der Waals surface area contributed by atoms with Crippen LogP contribution in [-0.4, -0.2) is 12.3 Å². The molecule has 0 radical (unpaired) electrons. The van der Waals surface area contributed by atoms with Crippen molar-refractivity contribution in [2.75, 3.05) is 12.6 Å². The van der Waals surface area contributed by atoms with Crippen LogP contribution in [0.4, 0.5) is 5.69 Å². The lowest BCUT2D eigenvalue weighted by atomic mass is 10.1. The number of hydrogen-bond acceptors (Lipinski definition) is 3. The Kier molecular flexibility index (Phi) is 6.75. The van der Waals surface area contributed by atoms with Crippen molar-refractivity contribution in [3.8, 4) is 0 Å². The molecule has 86 valence electrons. The van der Waals surface area contributed by atoms with Crippen LogP contribution < -0.4 is 5.48 Å². The van der Waals surface area contributed by atoms with Gasteiger partial charge in [-0.05, 0) is 25.5 Å². The van der Waals surface area contributed by atoms with E-state index in [9.17, 15) is 0 Å². The summed E-state index contributed by atoms with van der Waals surface area (Å²) in [6, 6.07) is 5.82. The Morgan fingerprint density at radius 3 is 2.40 bits per heavy atom. The van der Waals surface area contributed by atoms with Gasteiger partial charge in [0.2, 0.25) is 0 Å². The Morgan fingerprint density at radius 2 is 1.93 bits per heavy atom. The summed E-state index contributed by atoms with van der Waals surface area (Å²) in [5, 5.41) is 8.88. The van der Waals surface area contributed by atoms with Gasteiger partial charge in [0.25, 0.3) is 0 Å². The molecule has 0 amide bonds. The molecule has 0 fully saturated rings. The Labute approximate surface area is 92.0 Å². The number of ether oxygens (including phenoxy) is 1. The first-order valence-electron chi connectivity index (χ1n) is 5.22. The Morgan fingerprint density at radius 1 is 1.33 bits per heavy atom. The molecule has 15 heavy (non-hydrogen) atoms. The van der Waals surface area contributed by atoms with Crippen LogP contribution in [-0.2, 0) is 4.74 Å². The first-order valence-corrected chi connectivity index (χ1v) is 5.22. The molecule has 0 bridgehead atoms. The number of nitrogens with one attached hydrogen (secondary N) is 1. The molecule has 3 nitrogen and oxygen atoms in total. The highest BCUT2D eigenvalue weighted by Gasteiger charge is 2.08. The third kappa shape index (κ3) is 3.90. The Balaban J connectivity index is 0.000000921. The third-order valence-electron chi connectivity index (χ3n) is 2.12. The summed E-state index contributed by atoms with van der Waals surface area (Å²) in [6.45, 7) is 7.91. The molecule has 0 aliphatic heterocycles. The summed E-state index contributed by atoms with van der Waals surface area (Å²) < 4.78 is 5.17. The predicted octanol–water partition coefficient (Wildman–Crippen LogP) is 3.53. The monoisotopic (exact) mass is 211 g/mol. The second-order valence-corrected chi connectivity index (χ2v) is 3.08.